The number of imidazole rings is 1. The highest BCUT2D eigenvalue weighted by Crippen LogP contribution is 2.26. The maximum absolute atomic E-state index is 13.3. The number of fused-ring (bicyclic) bond motifs is 1. The Bertz CT molecular complexity index is 916. The first-order chi connectivity index (χ1) is 12.1. The number of carbonyl (C=O) groups is 1. The number of rotatable bonds is 4. The van der Waals surface area contributed by atoms with E-state index in [1.807, 2.05) is 18.4 Å². The van der Waals surface area contributed by atoms with Crippen LogP contribution in [0.2, 0.25) is 0 Å². The molecule has 6 heteroatoms. The Morgan fingerprint density at radius 1 is 1.44 bits per heavy atom. The fourth-order valence-electron chi connectivity index (χ4n) is 3.55. The predicted molar refractivity (Wildman–Crippen MR) is 97.4 cm³/mol. The Balaban J connectivity index is 1.47. The van der Waals surface area contributed by atoms with Gasteiger partial charge in [-0.05, 0) is 61.5 Å². The average Bonchev–Trinajstić information content (AvgIpc) is 3.19. The van der Waals surface area contributed by atoms with E-state index in [0.717, 1.165) is 47.7 Å². The summed E-state index contributed by atoms with van der Waals surface area (Å²) < 4.78 is 13.3. The van der Waals surface area contributed by atoms with Crippen molar-refractivity contribution in [1.82, 2.24) is 14.9 Å². The molecule has 4 rings (SSSR count). The number of benzene rings is 1. The summed E-state index contributed by atoms with van der Waals surface area (Å²) in [7, 11) is 0. The van der Waals surface area contributed by atoms with Crippen LogP contribution in [0.3, 0.4) is 0 Å². The van der Waals surface area contributed by atoms with Gasteiger partial charge in [0.1, 0.15) is 11.6 Å². The minimum Gasteiger partial charge on any atom is -0.341 e. The lowest BCUT2D eigenvalue weighted by Gasteiger charge is -2.31. The smallest absolute Gasteiger partial charge is 0.177 e. The second kappa shape index (κ2) is 6.69. The van der Waals surface area contributed by atoms with Gasteiger partial charge in [-0.3, -0.25) is 9.69 Å². The number of aryl methyl sites for hydroxylation is 1. The first kappa shape index (κ1) is 16.4. The number of halogens is 1. The summed E-state index contributed by atoms with van der Waals surface area (Å²) in [6.07, 6.45) is 1.95. The van der Waals surface area contributed by atoms with E-state index in [1.54, 1.807) is 6.07 Å². The number of nitrogens with zero attached hydrogens (tertiary/aromatic N) is 2. The standard InChI is InChI=1S/C19H20FN3OS/c1-12-6-8-25-19(12)18(24)13-3-2-7-23(10-13)11-17-21-15-5-4-14(20)9-16(15)22-17/h4-6,8-9,13H,2-3,7,10-11H2,1H3,(H,21,22)/t13-/m0/s1. The zero-order valence-electron chi connectivity index (χ0n) is 14.1. The van der Waals surface area contributed by atoms with Crippen LogP contribution in [0.1, 0.15) is 33.9 Å². The minimum absolute atomic E-state index is 0.0490. The van der Waals surface area contributed by atoms with E-state index in [4.69, 9.17) is 0 Å². The number of Topliss-reactive ketones (excluding diaryl/α,β-unsaturated/α-hetero) is 1. The highest BCUT2D eigenvalue weighted by atomic mass is 32.1. The molecule has 1 aliphatic rings. The molecule has 25 heavy (non-hydrogen) atoms. The van der Waals surface area contributed by atoms with Gasteiger partial charge in [-0.25, -0.2) is 9.37 Å². The van der Waals surface area contributed by atoms with Crippen molar-refractivity contribution in [2.75, 3.05) is 13.1 Å². The molecule has 1 N–H and O–H groups in total. The topological polar surface area (TPSA) is 49.0 Å². The van der Waals surface area contributed by atoms with Crippen LogP contribution >= 0.6 is 11.3 Å². The van der Waals surface area contributed by atoms with Gasteiger partial charge in [0, 0.05) is 12.5 Å². The number of aromatic amines is 1. The van der Waals surface area contributed by atoms with Crippen LogP contribution in [0.5, 0.6) is 0 Å². The molecular weight excluding hydrogens is 337 g/mol. The van der Waals surface area contributed by atoms with Gasteiger partial charge in [-0.1, -0.05) is 0 Å². The normalized spacial score (nSPS) is 18.7. The number of piperidine rings is 1. The van der Waals surface area contributed by atoms with Gasteiger partial charge in [-0.15, -0.1) is 11.3 Å². The lowest BCUT2D eigenvalue weighted by Crippen LogP contribution is -2.38. The van der Waals surface area contributed by atoms with Crippen LogP contribution < -0.4 is 0 Å². The number of aromatic nitrogens is 2. The number of nitrogens with one attached hydrogen (secondary N) is 1. The van der Waals surface area contributed by atoms with E-state index in [1.165, 1.54) is 23.5 Å². The molecule has 0 amide bonds. The van der Waals surface area contributed by atoms with E-state index in [9.17, 15) is 9.18 Å². The number of hydrogen-bond acceptors (Lipinski definition) is 4. The zero-order chi connectivity index (χ0) is 17.4. The Kier molecular flexibility index (Phi) is 4.39. The van der Waals surface area contributed by atoms with Gasteiger partial charge < -0.3 is 4.98 Å². The molecule has 1 saturated heterocycles. The van der Waals surface area contributed by atoms with E-state index in [2.05, 4.69) is 14.9 Å². The van der Waals surface area contributed by atoms with Gasteiger partial charge in [-0.2, -0.15) is 0 Å². The molecule has 3 heterocycles. The van der Waals surface area contributed by atoms with E-state index < -0.39 is 0 Å². The maximum Gasteiger partial charge on any atom is 0.177 e. The van der Waals surface area contributed by atoms with Gasteiger partial charge in [0.25, 0.3) is 0 Å². The van der Waals surface area contributed by atoms with Gasteiger partial charge in [0.05, 0.1) is 22.5 Å². The van der Waals surface area contributed by atoms with Crippen LogP contribution in [0.25, 0.3) is 11.0 Å². The lowest BCUT2D eigenvalue weighted by molar-refractivity contribution is 0.0812. The second-order valence-electron chi connectivity index (χ2n) is 6.72. The van der Waals surface area contributed by atoms with Crippen molar-refractivity contribution in [3.05, 3.63) is 51.7 Å². The van der Waals surface area contributed by atoms with Crippen LogP contribution in [0.4, 0.5) is 4.39 Å². The molecule has 130 valence electrons. The van der Waals surface area contributed by atoms with E-state index in [0.29, 0.717) is 12.1 Å². The molecule has 0 saturated carbocycles. The number of carbonyl (C=O) groups excluding carboxylic acids is 1. The number of ketones is 1. The van der Waals surface area contributed by atoms with E-state index >= 15 is 0 Å². The third-order valence-electron chi connectivity index (χ3n) is 4.83. The summed E-state index contributed by atoms with van der Waals surface area (Å²) in [6.45, 7) is 4.36. The highest BCUT2D eigenvalue weighted by Gasteiger charge is 2.28. The number of H-pyrrole nitrogens is 1. The van der Waals surface area contributed by atoms with E-state index in [-0.39, 0.29) is 17.5 Å². The molecule has 1 aliphatic heterocycles. The Labute approximate surface area is 149 Å². The van der Waals surface area contributed by atoms with Gasteiger partial charge in [0.15, 0.2) is 5.78 Å². The molecule has 0 radical (unpaired) electrons. The quantitative estimate of drug-likeness (QED) is 0.713. The molecule has 3 aromatic rings. The highest BCUT2D eigenvalue weighted by molar-refractivity contribution is 7.12. The van der Waals surface area contributed by atoms with Crippen LogP contribution in [-0.4, -0.2) is 33.7 Å². The first-order valence-electron chi connectivity index (χ1n) is 8.55. The average molecular weight is 357 g/mol. The predicted octanol–water partition coefficient (Wildman–Crippen LogP) is 4.17. The van der Waals surface area contributed by atoms with Crippen molar-refractivity contribution in [2.45, 2.75) is 26.3 Å². The fraction of sp³-hybridized carbons (Fsp3) is 0.368. The molecular formula is C19H20FN3OS. The SMILES string of the molecule is Cc1ccsc1C(=O)[C@H]1CCCN(Cc2nc3ccc(F)cc3[nH]2)C1. The summed E-state index contributed by atoms with van der Waals surface area (Å²) in [6, 6.07) is 6.58. The molecule has 1 atom stereocenters. The Morgan fingerprint density at radius 2 is 2.32 bits per heavy atom. The summed E-state index contributed by atoms with van der Waals surface area (Å²) in [5.74, 6) is 0.871. The summed E-state index contributed by atoms with van der Waals surface area (Å²) in [4.78, 5) is 23.7. The van der Waals surface area contributed by atoms with Crippen molar-refractivity contribution < 1.29 is 9.18 Å². The Hall–Kier alpha value is -2.05. The number of hydrogen-bond donors (Lipinski definition) is 1. The first-order valence-corrected chi connectivity index (χ1v) is 9.43. The summed E-state index contributed by atoms with van der Waals surface area (Å²) in [5.41, 5.74) is 2.57. The third kappa shape index (κ3) is 3.37. The lowest BCUT2D eigenvalue weighted by atomic mass is 9.92. The van der Waals surface area contributed by atoms with Crippen LogP contribution in [-0.2, 0) is 6.54 Å². The summed E-state index contributed by atoms with van der Waals surface area (Å²) >= 11 is 1.54. The second-order valence-corrected chi connectivity index (χ2v) is 7.63. The van der Waals surface area contributed by atoms with Crippen molar-refractivity contribution in [3.63, 3.8) is 0 Å². The minimum atomic E-state index is -0.266. The molecule has 1 aromatic carbocycles. The van der Waals surface area contributed by atoms with Crippen LogP contribution in [0, 0.1) is 18.7 Å². The molecule has 0 unspecified atom stereocenters. The molecule has 4 nitrogen and oxygen atoms in total. The molecule has 0 bridgehead atoms. The molecule has 1 fully saturated rings. The molecule has 0 aliphatic carbocycles. The van der Waals surface area contributed by atoms with Crippen molar-refractivity contribution in [1.29, 1.82) is 0 Å². The third-order valence-corrected chi connectivity index (χ3v) is 5.86. The van der Waals surface area contributed by atoms with Crippen molar-refractivity contribution >= 4 is 28.2 Å². The van der Waals surface area contributed by atoms with Gasteiger partial charge >= 0.3 is 0 Å². The monoisotopic (exact) mass is 357 g/mol. The summed E-state index contributed by atoms with van der Waals surface area (Å²) in [5, 5.41) is 1.98. The largest absolute Gasteiger partial charge is 0.341 e. The zero-order valence-corrected chi connectivity index (χ0v) is 14.9. The maximum atomic E-state index is 13.3. The van der Waals surface area contributed by atoms with Crippen molar-refractivity contribution in [2.24, 2.45) is 5.92 Å². The van der Waals surface area contributed by atoms with Crippen LogP contribution in [0.15, 0.2) is 29.6 Å². The Morgan fingerprint density at radius 3 is 3.12 bits per heavy atom. The molecule has 2 aromatic heterocycles. The van der Waals surface area contributed by atoms with Gasteiger partial charge in [0.2, 0.25) is 0 Å². The number of thiophene rings is 1. The van der Waals surface area contributed by atoms with Crippen molar-refractivity contribution in [3.8, 4) is 0 Å². The number of likely N-dealkylation sites (tertiary alicyclic amines) is 1. The molecule has 0 spiro atoms. The fourth-order valence-corrected chi connectivity index (χ4v) is 4.49.